The largest absolute Gasteiger partial charge is 0.230 e. The Balaban J connectivity index is 3.27. The van der Waals surface area contributed by atoms with Crippen molar-refractivity contribution in [3.8, 4) is 12.1 Å². The van der Waals surface area contributed by atoms with Gasteiger partial charge in [0.15, 0.2) is 6.17 Å². The third-order valence-electron chi connectivity index (χ3n) is 0.411. The second kappa shape index (κ2) is 3.11. The second-order valence-electron chi connectivity index (χ2n) is 0.959. The van der Waals surface area contributed by atoms with E-state index in [4.69, 9.17) is 10.5 Å². The molecule has 0 fully saturated rings. The number of rotatable bonds is 1. The van der Waals surface area contributed by atoms with Gasteiger partial charge in [0.2, 0.25) is 0 Å². The van der Waals surface area contributed by atoms with Crippen molar-refractivity contribution in [3.63, 3.8) is 0 Å². The third kappa shape index (κ3) is 2.72. The summed E-state index contributed by atoms with van der Waals surface area (Å²) < 4.78 is 11.5. The molecule has 3 heteroatoms. The number of halogens is 1. The topological polar surface area (TPSA) is 47.6 Å². The van der Waals surface area contributed by atoms with Gasteiger partial charge in [0.05, 0.1) is 12.5 Å². The summed E-state index contributed by atoms with van der Waals surface area (Å²) in [6.07, 6.45) is -1.93. The van der Waals surface area contributed by atoms with E-state index in [1.54, 1.807) is 0 Å². The summed E-state index contributed by atoms with van der Waals surface area (Å²) in [7, 11) is 0. The first-order valence-corrected chi connectivity index (χ1v) is 1.72. The van der Waals surface area contributed by atoms with E-state index in [-0.39, 0.29) is 6.42 Å². The molecule has 0 aliphatic carbocycles. The Kier molecular flexibility index (Phi) is 2.63. The van der Waals surface area contributed by atoms with Crippen molar-refractivity contribution in [2.24, 2.45) is 0 Å². The van der Waals surface area contributed by atoms with E-state index >= 15 is 0 Å². The fourth-order valence-corrected chi connectivity index (χ4v) is 0.126. The molecule has 0 spiro atoms. The van der Waals surface area contributed by atoms with Crippen molar-refractivity contribution < 1.29 is 4.39 Å². The maximum Gasteiger partial charge on any atom is 0.199 e. The van der Waals surface area contributed by atoms with Crippen molar-refractivity contribution in [1.29, 1.82) is 10.5 Å². The smallest absolute Gasteiger partial charge is 0.199 e. The highest BCUT2D eigenvalue weighted by Gasteiger charge is 1.98. The lowest BCUT2D eigenvalue weighted by Crippen LogP contribution is -1.90. The van der Waals surface area contributed by atoms with Crippen molar-refractivity contribution in [2.75, 3.05) is 0 Å². The van der Waals surface area contributed by atoms with Gasteiger partial charge >= 0.3 is 0 Å². The van der Waals surface area contributed by atoms with Crippen LogP contribution in [0.2, 0.25) is 0 Å². The van der Waals surface area contributed by atoms with Crippen LogP contribution in [0, 0.1) is 22.7 Å². The first-order chi connectivity index (χ1) is 3.31. The highest BCUT2D eigenvalue weighted by Crippen LogP contribution is 1.90. The fraction of sp³-hybridized carbons (Fsp3) is 0.500. The Bertz CT molecular complexity index is 119. The molecule has 0 aliphatic heterocycles. The molecule has 0 aromatic heterocycles. The van der Waals surface area contributed by atoms with Gasteiger partial charge in [-0.15, -0.1) is 0 Å². The van der Waals surface area contributed by atoms with Gasteiger partial charge in [-0.3, -0.25) is 0 Å². The van der Waals surface area contributed by atoms with Crippen molar-refractivity contribution in [1.82, 2.24) is 0 Å². The molecule has 0 aromatic rings. The lowest BCUT2D eigenvalue weighted by atomic mass is 10.3. The zero-order valence-electron chi connectivity index (χ0n) is 3.56. The van der Waals surface area contributed by atoms with Crippen LogP contribution in [0.25, 0.3) is 0 Å². The highest BCUT2D eigenvalue weighted by atomic mass is 19.1. The quantitative estimate of drug-likeness (QED) is 0.486. The molecule has 0 bridgehead atoms. The van der Waals surface area contributed by atoms with Crippen LogP contribution in [0.5, 0.6) is 0 Å². The van der Waals surface area contributed by atoms with Crippen LogP contribution in [0.4, 0.5) is 4.39 Å². The molecule has 2 nitrogen and oxygen atoms in total. The van der Waals surface area contributed by atoms with Gasteiger partial charge < -0.3 is 0 Å². The predicted octanol–water partition coefficient (Wildman–Crippen LogP) is 0.762. The molecule has 0 rings (SSSR count). The zero-order chi connectivity index (χ0) is 5.70. The molecule has 0 aromatic carbocycles. The van der Waals surface area contributed by atoms with Gasteiger partial charge in [0.25, 0.3) is 0 Å². The highest BCUT2D eigenvalue weighted by molar-refractivity contribution is 4.89. The molecule has 0 saturated carbocycles. The summed E-state index contributed by atoms with van der Waals surface area (Å²) >= 11 is 0. The van der Waals surface area contributed by atoms with Gasteiger partial charge in [-0.05, 0) is 0 Å². The summed E-state index contributed by atoms with van der Waals surface area (Å²) in [6.45, 7) is 0. The monoisotopic (exact) mass is 98.0 g/mol. The molecule has 0 radical (unpaired) electrons. The van der Waals surface area contributed by atoms with Crippen LogP contribution >= 0.6 is 0 Å². The van der Waals surface area contributed by atoms with E-state index in [9.17, 15) is 4.39 Å². The van der Waals surface area contributed by atoms with Crippen LogP contribution < -0.4 is 0 Å². The molecule has 7 heavy (non-hydrogen) atoms. The maximum atomic E-state index is 11.5. The summed E-state index contributed by atoms with van der Waals surface area (Å²) in [5.41, 5.74) is 0. The molecule has 0 amide bonds. The molecule has 36 valence electrons. The predicted molar refractivity (Wildman–Crippen MR) is 20.7 cm³/mol. The van der Waals surface area contributed by atoms with Gasteiger partial charge in [0.1, 0.15) is 6.07 Å². The van der Waals surface area contributed by atoms with Gasteiger partial charge in [-0.25, -0.2) is 4.39 Å². The normalized spacial score (nSPS) is 11.3. The minimum atomic E-state index is -1.61. The number of alkyl halides is 1. The molecule has 0 aliphatic rings. The first-order valence-electron chi connectivity index (χ1n) is 1.72. The van der Waals surface area contributed by atoms with Crippen LogP contribution in [-0.4, -0.2) is 6.17 Å². The molecule has 1 unspecified atom stereocenters. The zero-order valence-corrected chi connectivity index (χ0v) is 3.56. The molecule has 0 N–H and O–H groups in total. The summed E-state index contributed by atoms with van der Waals surface area (Å²) in [6, 6.07) is 2.80. The van der Waals surface area contributed by atoms with Gasteiger partial charge in [-0.1, -0.05) is 0 Å². The van der Waals surface area contributed by atoms with E-state index in [1.807, 2.05) is 0 Å². The number of hydrogen-bond acceptors (Lipinski definition) is 2. The van der Waals surface area contributed by atoms with E-state index in [0.717, 1.165) is 0 Å². The van der Waals surface area contributed by atoms with Gasteiger partial charge in [-0.2, -0.15) is 10.5 Å². The average Bonchev–Trinajstić information content (AvgIpc) is 1.68. The summed E-state index contributed by atoms with van der Waals surface area (Å²) in [5, 5.41) is 15.4. The standard InChI is InChI=1S/C4H3FN2/c5-4(3-7)1-2-6/h4H,1H2. The van der Waals surface area contributed by atoms with Crippen LogP contribution in [-0.2, 0) is 0 Å². The van der Waals surface area contributed by atoms with Crippen molar-refractivity contribution >= 4 is 0 Å². The SMILES string of the molecule is N#CCC(F)C#N. The lowest BCUT2D eigenvalue weighted by Gasteiger charge is -1.80. The molecule has 1 atom stereocenters. The maximum absolute atomic E-state index is 11.5. The van der Waals surface area contributed by atoms with Crippen LogP contribution in [0.1, 0.15) is 6.42 Å². The molecule has 0 heterocycles. The Morgan fingerprint density at radius 2 is 2.14 bits per heavy atom. The second-order valence-corrected chi connectivity index (χ2v) is 0.959. The van der Waals surface area contributed by atoms with Crippen LogP contribution in [0.15, 0.2) is 0 Å². The Labute approximate surface area is 40.8 Å². The summed E-state index contributed by atoms with van der Waals surface area (Å²) in [5.74, 6) is 0. The fourth-order valence-electron chi connectivity index (χ4n) is 0.126. The van der Waals surface area contributed by atoms with E-state index in [1.165, 1.54) is 12.1 Å². The van der Waals surface area contributed by atoms with E-state index < -0.39 is 6.17 Å². The van der Waals surface area contributed by atoms with Gasteiger partial charge in [0, 0.05) is 0 Å². The number of hydrogen-bond donors (Lipinski definition) is 0. The van der Waals surface area contributed by atoms with Crippen molar-refractivity contribution in [2.45, 2.75) is 12.6 Å². The van der Waals surface area contributed by atoms with Crippen molar-refractivity contribution in [3.05, 3.63) is 0 Å². The summed E-state index contributed by atoms with van der Waals surface area (Å²) in [4.78, 5) is 0. The Hall–Kier alpha value is -1.09. The average molecular weight is 98.1 g/mol. The minimum absolute atomic E-state index is 0.323. The molecular weight excluding hydrogens is 95.1 g/mol. The lowest BCUT2D eigenvalue weighted by molar-refractivity contribution is 0.416. The Morgan fingerprint density at radius 1 is 1.57 bits per heavy atom. The molecule has 0 saturated heterocycles. The number of nitriles is 2. The first kappa shape index (κ1) is 5.91. The Morgan fingerprint density at radius 3 is 2.29 bits per heavy atom. The van der Waals surface area contributed by atoms with Crippen LogP contribution in [0.3, 0.4) is 0 Å². The minimum Gasteiger partial charge on any atom is -0.230 e. The third-order valence-corrected chi connectivity index (χ3v) is 0.411. The number of nitrogens with zero attached hydrogens (tertiary/aromatic N) is 2. The van der Waals surface area contributed by atoms with E-state index in [2.05, 4.69) is 0 Å². The van der Waals surface area contributed by atoms with E-state index in [0.29, 0.717) is 0 Å². The molecular formula is C4H3FN2.